The first-order chi connectivity index (χ1) is 5.20. The summed E-state index contributed by atoms with van der Waals surface area (Å²) in [4.78, 5) is 0. The molecule has 0 radical (unpaired) electrons. The number of ether oxygens (including phenoxy) is 2. The first-order valence-corrected chi connectivity index (χ1v) is 4.22. The zero-order valence-electron chi connectivity index (χ0n) is 8.09. The normalized spacial score (nSPS) is 13.9. The number of hydrogen-bond donors (Lipinski definition) is 0. The Morgan fingerprint density at radius 1 is 1.18 bits per heavy atom. The van der Waals surface area contributed by atoms with E-state index in [4.69, 9.17) is 9.47 Å². The average molecular weight is 160 g/mol. The van der Waals surface area contributed by atoms with E-state index in [1.54, 1.807) is 14.2 Å². The highest BCUT2D eigenvalue weighted by molar-refractivity contribution is 4.59. The van der Waals surface area contributed by atoms with Crippen LogP contribution in [0.2, 0.25) is 0 Å². The Hall–Kier alpha value is -0.0800. The molecule has 0 amide bonds. The van der Waals surface area contributed by atoms with Crippen LogP contribution in [0.1, 0.15) is 26.7 Å². The lowest BCUT2D eigenvalue weighted by atomic mass is 10.0. The molecule has 0 aliphatic heterocycles. The lowest BCUT2D eigenvalue weighted by molar-refractivity contribution is 0.0526. The molecule has 0 rings (SSSR count). The molecule has 0 saturated carbocycles. The first kappa shape index (κ1) is 10.9. The fourth-order valence-corrected chi connectivity index (χ4v) is 1.11. The van der Waals surface area contributed by atoms with Crippen LogP contribution in [0.3, 0.4) is 0 Å². The largest absolute Gasteiger partial charge is 0.385 e. The third-order valence-electron chi connectivity index (χ3n) is 1.71. The van der Waals surface area contributed by atoms with E-state index >= 15 is 0 Å². The second-order valence-corrected chi connectivity index (χ2v) is 3.27. The monoisotopic (exact) mass is 160 g/mol. The lowest BCUT2D eigenvalue weighted by Crippen LogP contribution is -2.15. The van der Waals surface area contributed by atoms with Gasteiger partial charge >= 0.3 is 0 Å². The number of methoxy groups -OCH3 is 2. The summed E-state index contributed by atoms with van der Waals surface area (Å²) in [5.74, 6) is 0.705. The minimum atomic E-state index is 0.370. The summed E-state index contributed by atoms with van der Waals surface area (Å²) in [6.07, 6.45) is 2.50. The van der Waals surface area contributed by atoms with Crippen LogP contribution in [0.15, 0.2) is 0 Å². The molecule has 0 N–H and O–H groups in total. The van der Waals surface area contributed by atoms with Crippen molar-refractivity contribution in [2.45, 2.75) is 32.8 Å². The molecule has 0 saturated heterocycles. The Balaban J connectivity index is 3.41. The predicted molar refractivity (Wildman–Crippen MR) is 46.7 cm³/mol. The molecule has 2 nitrogen and oxygen atoms in total. The van der Waals surface area contributed by atoms with Crippen molar-refractivity contribution in [3.63, 3.8) is 0 Å². The van der Waals surface area contributed by atoms with Crippen LogP contribution in [-0.2, 0) is 9.47 Å². The molecule has 0 aromatic heterocycles. The summed E-state index contributed by atoms with van der Waals surface area (Å²) in [7, 11) is 3.49. The van der Waals surface area contributed by atoms with Gasteiger partial charge in [0, 0.05) is 20.8 Å². The van der Waals surface area contributed by atoms with Crippen molar-refractivity contribution in [1.82, 2.24) is 0 Å². The Morgan fingerprint density at radius 2 is 1.82 bits per heavy atom. The van der Waals surface area contributed by atoms with E-state index in [9.17, 15) is 0 Å². The van der Waals surface area contributed by atoms with Crippen molar-refractivity contribution < 1.29 is 9.47 Å². The second-order valence-electron chi connectivity index (χ2n) is 3.27. The van der Waals surface area contributed by atoms with E-state index in [2.05, 4.69) is 13.8 Å². The minimum absolute atomic E-state index is 0.370. The van der Waals surface area contributed by atoms with Crippen molar-refractivity contribution in [2.75, 3.05) is 20.8 Å². The fraction of sp³-hybridized carbons (Fsp3) is 1.00. The van der Waals surface area contributed by atoms with Gasteiger partial charge in [-0.25, -0.2) is 0 Å². The molecule has 0 heterocycles. The molecule has 0 fully saturated rings. The van der Waals surface area contributed by atoms with E-state index in [1.165, 1.54) is 0 Å². The zero-order valence-corrected chi connectivity index (χ0v) is 8.09. The third-order valence-corrected chi connectivity index (χ3v) is 1.71. The van der Waals surface area contributed by atoms with E-state index in [0.29, 0.717) is 12.0 Å². The smallest absolute Gasteiger partial charge is 0.0595 e. The van der Waals surface area contributed by atoms with Gasteiger partial charge in [0.2, 0.25) is 0 Å². The highest BCUT2D eigenvalue weighted by Crippen LogP contribution is 2.10. The van der Waals surface area contributed by atoms with Gasteiger partial charge in [-0.05, 0) is 18.8 Å². The SMILES string of the molecule is COCCC(CC(C)C)OC. The van der Waals surface area contributed by atoms with Gasteiger partial charge in [0.05, 0.1) is 6.10 Å². The maximum atomic E-state index is 5.28. The van der Waals surface area contributed by atoms with Crippen LogP contribution in [0.4, 0.5) is 0 Å². The Bertz CT molecular complexity index is 81.6. The maximum Gasteiger partial charge on any atom is 0.0595 e. The van der Waals surface area contributed by atoms with Gasteiger partial charge in [-0.2, -0.15) is 0 Å². The molecule has 0 aliphatic carbocycles. The molecular weight excluding hydrogens is 140 g/mol. The number of hydrogen-bond acceptors (Lipinski definition) is 2. The van der Waals surface area contributed by atoms with Crippen molar-refractivity contribution in [2.24, 2.45) is 5.92 Å². The Kier molecular flexibility index (Phi) is 6.57. The molecule has 0 bridgehead atoms. The Labute approximate surface area is 69.9 Å². The van der Waals surface area contributed by atoms with Crippen molar-refractivity contribution >= 4 is 0 Å². The summed E-state index contributed by atoms with van der Waals surface area (Å²) in [5, 5.41) is 0. The molecule has 1 unspecified atom stereocenters. The minimum Gasteiger partial charge on any atom is -0.385 e. The summed E-state index contributed by atoms with van der Waals surface area (Å²) in [5.41, 5.74) is 0. The zero-order chi connectivity index (χ0) is 8.69. The molecule has 0 aliphatic rings. The highest BCUT2D eigenvalue weighted by atomic mass is 16.5. The molecule has 1 atom stereocenters. The predicted octanol–water partition coefficient (Wildman–Crippen LogP) is 2.08. The molecular formula is C9H20O2. The molecule has 0 spiro atoms. The van der Waals surface area contributed by atoms with E-state index in [0.717, 1.165) is 19.4 Å². The van der Waals surface area contributed by atoms with Crippen LogP contribution >= 0.6 is 0 Å². The molecule has 0 aromatic carbocycles. The summed E-state index contributed by atoms with van der Waals surface area (Å²) in [6.45, 7) is 5.21. The lowest BCUT2D eigenvalue weighted by Gasteiger charge is -2.16. The first-order valence-electron chi connectivity index (χ1n) is 4.22. The van der Waals surface area contributed by atoms with Crippen LogP contribution in [-0.4, -0.2) is 26.9 Å². The molecule has 11 heavy (non-hydrogen) atoms. The highest BCUT2D eigenvalue weighted by Gasteiger charge is 2.08. The summed E-state index contributed by atoms with van der Waals surface area (Å²) in [6, 6.07) is 0. The topological polar surface area (TPSA) is 18.5 Å². The van der Waals surface area contributed by atoms with Gasteiger partial charge in [0.25, 0.3) is 0 Å². The average Bonchev–Trinajstić information content (AvgIpc) is 1.97. The van der Waals surface area contributed by atoms with Crippen LogP contribution in [0.25, 0.3) is 0 Å². The van der Waals surface area contributed by atoms with Gasteiger partial charge in [-0.15, -0.1) is 0 Å². The Morgan fingerprint density at radius 3 is 2.18 bits per heavy atom. The number of rotatable bonds is 6. The van der Waals surface area contributed by atoms with Crippen molar-refractivity contribution in [1.29, 1.82) is 0 Å². The van der Waals surface area contributed by atoms with Crippen LogP contribution in [0.5, 0.6) is 0 Å². The van der Waals surface area contributed by atoms with Crippen LogP contribution in [0, 0.1) is 5.92 Å². The third kappa shape index (κ3) is 6.32. The van der Waals surface area contributed by atoms with Crippen molar-refractivity contribution in [3.8, 4) is 0 Å². The molecule has 0 aromatic rings. The standard InChI is InChI=1S/C9H20O2/c1-8(2)7-9(11-4)5-6-10-3/h8-9H,5-7H2,1-4H3. The van der Waals surface area contributed by atoms with Crippen LogP contribution < -0.4 is 0 Å². The van der Waals surface area contributed by atoms with Gasteiger partial charge in [0.1, 0.15) is 0 Å². The molecule has 68 valence electrons. The van der Waals surface area contributed by atoms with E-state index in [1.807, 2.05) is 0 Å². The van der Waals surface area contributed by atoms with Gasteiger partial charge in [0.15, 0.2) is 0 Å². The van der Waals surface area contributed by atoms with Gasteiger partial charge < -0.3 is 9.47 Å². The van der Waals surface area contributed by atoms with E-state index in [-0.39, 0.29) is 0 Å². The van der Waals surface area contributed by atoms with Gasteiger partial charge in [-0.1, -0.05) is 13.8 Å². The summed E-state index contributed by atoms with van der Waals surface area (Å²) < 4.78 is 10.3. The summed E-state index contributed by atoms with van der Waals surface area (Å²) >= 11 is 0. The van der Waals surface area contributed by atoms with Crippen molar-refractivity contribution in [3.05, 3.63) is 0 Å². The maximum absolute atomic E-state index is 5.28. The molecule has 2 heteroatoms. The van der Waals surface area contributed by atoms with Gasteiger partial charge in [-0.3, -0.25) is 0 Å². The fourth-order valence-electron chi connectivity index (χ4n) is 1.11. The second kappa shape index (κ2) is 6.62. The quantitative estimate of drug-likeness (QED) is 0.592. The van der Waals surface area contributed by atoms with E-state index < -0.39 is 0 Å².